The van der Waals surface area contributed by atoms with Crippen molar-refractivity contribution in [1.82, 2.24) is 4.98 Å². The van der Waals surface area contributed by atoms with Crippen LogP contribution >= 0.6 is 0 Å². The number of nitrogens with one attached hydrogen (secondary N) is 1. The number of para-hydroxylation sites is 2. The Kier molecular flexibility index (Phi) is 5.76. The van der Waals surface area contributed by atoms with Crippen LogP contribution in [0.5, 0.6) is 0 Å². The highest BCUT2D eigenvalue weighted by molar-refractivity contribution is 6.08. The molecule has 6 nitrogen and oxygen atoms in total. The fourth-order valence-corrected chi connectivity index (χ4v) is 5.18. The molecule has 0 aliphatic heterocycles. The molecule has 206 valence electrons. The number of hydrogen-bond donors (Lipinski definition) is 2. The van der Waals surface area contributed by atoms with Crippen LogP contribution in [0.2, 0.25) is 0 Å². The second kappa shape index (κ2) is 9.52. The van der Waals surface area contributed by atoms with Gasteiger partial charge in [0.2, 0.25) is 0 Å². The monoisotopic (exact) mass is 562 g/mol. The van der Waals surface area contributed by atoms with Gasteiger partial charge in [-0.05, 0) is 60.7 Å². The van der Waals surface area contributed by atoms with Crippen molar-refractivity contribution in [2.75, 3.05) is 4.90 Å². The second-order valence-corrected chi connectivity index (χ2v) is 9.80. The Balaban J connectivity index is 1.42. The molecule has 3 heterocycles. The number of nitrogens with zero attached hydrogens (tertiary/aromatic N) is 2. The third-order valence-corrected chi connectivity index (χ3v) is 7.14. The summed E-state index contributed by atoms with van der Waals surface area (Å²) >= 11 is 0. The van der Waals surface area contributed by atoms with Gasteiger partial charge in [-0.1, -0.05) is 36.4 Å². The zero-order chi connectivity index (χ0) is 29.0. The first-order chi connectivity index (χ1) is 20.3. The van der Waals surface area contributed by atoms with E-state index in [2.05, 4.69) is 4.98 Å². The van der Waals surface area contributed by atoms with Crippen molar-refractivity contribution < 1.29 is 22.0 Å². The lowest BCUT2D eigenvalue weighted by molar-refractivity contribution is -0.0583. The molecule has 0 saturated carbocycles. The summed E-state index contributed by atoms with van der Waals surface area (Å²) in [6.45, 7) is 0. The molecule has 0 fully saturated rings. The van der Waals surface area contributed by atoms with Crippen molar-refractivity contribution in [2.24, 2.45) is 5.73 Å². The van der Waals surface area contributed by atoms with E-state index in [1.165, 1.54) is 6.20 Å². The number of fused-ring (bicyclic) bond motifs is 6. The minimum atomic E-state index is -4.82. The van der Waals surface area contributed by atoms with E-state index < -0.39 is 11.9 Å². The van der Waals surface area contributed by atoms with Crippen LogP contribution in [0.3, 0.4) is 0 Å². The minimum absolute atomic E-state index is 0.103. The van der Waals surface area contributed by atoms with E-state index in [1.807, 2.05) is 89.8 Å². The maximum atomic E-state index is 13.0. The Morgan fingerprint density at radius 1 is 0.690 bits per heavy atom. The van der Waals surface area contributed by atoms with Gasteiger partial charge >= 0.3 is 6.18 Å². The molecule has 0 spiro atoms. The van der Waals surface area contributed by atoms with E-state index in [9.17, 15) is 13.2 Å². The van der Waals surface area contributed by atoms with Crippen LogP contribution in [0.25, 0.3) is 49.6 Å². The Hall–Kier alpha value is -5.57. The number of allylic oxidation sites excluding steroid dienone is 1. The van der Waals surface area contributed by atoms with E-state index >= 15 is 0 Å². The maximum absolute atomic E-state index is 13.0. The van der Waals surface area contributed by atoms with Crippen LogP contribution in [0.1, 0.15) is 5.69 Å². The van der Waals surface area contributed by atoms with Crippen molar-refractivity contribution in [2.45, 2.75) is 6.18 Å². The standard InChI is InChI=1S/C33H21F3N4O2/c34-33(35,36)32(38)18-26(37)27-16-21(13-14-39-27)40(19-10-12-30-25(15-19)23-6-2-4-8-29(23)41-30)20-9-11-24-22-5-1-3-7-28(22)42-31(24)17-20/h1-18,38H,37H2/b26-18-,38-32?. The first-order valence-electron chi connectivity index (χ1n) is 13.0. The number of rotatable bonds is 5. The third-order valence-electron chi connectivity index (χ3n) is 7.14. The van der Waals surface area contributed by atoms with Crippen molar-refractivity contribution in [3.8, 4) is 0 Å². The van der Waals surface area contributed by atoms with Crippen LogP contribution in [-0.4, -0.2) is 16.9 Å². The summed E-state index contributed by atoms with van der Waals surface area (Å²) in [5.41, 5.74) is 9.30. The first-order valence-corrected chi connectivity index (χ1v) is 13.0. The van der Waals surface area contributed by atoms with E-state index in [1.54, 1.807) is 12.1 Å². The summed E-state index contributed by atoms with van der Waals surface area (Å²) in [6, 6.07) is 30.5. The Labute approximate surface area is 236 Å². The first kappa shape index (κ1) is 25.4. The van der Waals surface area contributed by atoms with E-state index in [0.717, 1.165) is 49.7 Å². The Morgan fingerprint density at radius 2 is 1.26 bits per heavy atom. The number of benzene rings is 4. The largest absolute Gasteiger partial charge is 0.456 e. The zero-order valence-corrected chi connectivity index (χ0v) is 21.8. The van der Waals surface area contributed by atoms with Gasteiger partial charge in [0.15, 0.2) is 0 Å². The molecule has 0 bridgehead atoms. The molecule has 0 aliphatic carbocycles. The van der Waals surface area contributed by atoms with Gasteiger partial charge in [-0.15, -0.1) is 0 Å². The van der Waals surface area contributed by atoms with E-state index in [-0.39, 0.29) is 11.4 Å². The molecule has 42 heavy (non-hydrogen) atoms. The van der Waals surface area contributed by atoms with Gasteiger partial charge < -0.3 is 19.5 Å². The molecule has 0 atom stereocenters. The van der Waals surface area contributed by atoms with Gasteiger partial charge in [-0.2, -0.15) is 13.2 Å². The molecule has 0 unspecified atom stereocenters. The molecule has 0 radical (unpaired) electrons. The highest BCUT2D eigenvalue weighted by Gasteiger charge is 2.33. The number of halogens is 3. The van der Waals surface area contributed by atoms with E-state index in [4.69, 9.17) is 20.0 Å². The molecule has 9 heteroatoms. The Morgan fingerprint density at radius 3 is 2.00 bits per heavy atom. The lowest BCUT2D eigenvalue weighted by Gasteiger charge is -2.26. The third kappa shape index (κ3) is 4.32. The number of furan rings is 2. The van der Waals surface area contributed by atoms with Gasteiger partial charge in [0.25, 0.3) is 0 Å². The van der Waals surface area contributed by atoms with E-state index in [0.29, 0.717) is 17.3 Å². The molecule has 7 aromatic rings. The van der Waals surface area contributed by atoms with Crippen LogP contribution in [-0.2, 0) is 0 Å². The van der Waals surface area contributed by atoms with Crippen LogP contribution in [0, 0.1) is 5.41 Å². The highest BCUT2D eigenvalue weighted by atomic mass is 19.4. The molecule has 3 N–H and O–H groups in total. The summed E-state index contributed by atoms with van der Waals surface area (Å²) < 4.78 is 51.2. The molecular formula is C33H21F3N4O2. The fraction of sp³-hybridized carbons (Fsp3) is 0.0303. The summed E-state index contributed by atoms with van der Waals surface area (Å²) in [5, 5.41) is 11.2. The van der Waals surface area contributed by atoms with Gasteiger partial charge in [0, 0.05) is 50.9 Å². The topological polar surface area (TPSA) is 92.3 Å². The second-order valence-electron chi connectivity index (χ2n) is 9.80. The van der Waals surface area contributed by atoms with Crippen molar-refractivity contribution in [3.63, 3.8) is 0 Å². The highest BCUT2D eigenvalue weighted by Crippen LogP contribution is 2.41. The van der Waals surface area contributed by atoms with Crippen molar-refractivity contribution in [1.29, 1.82) is 5.41 Å². The normalized spacial score (nSPS) is 12.5. The molecular weight excluding hydrogens is 541 g/mol. The quantitative estimate of drug-likeness (QED) is 0.204. The minimum Gasteiger partial charge on any atom is -0.456 e. The average Bonchev–Trinajstić information content (AvgIpc) is 3.54. The summed E-state index contributed by atoms with van der Waals surface area (Å²) in [6.07, 6.45) is -2.78. The lowest BCUT2D eigenvalue weighted by Crippen LogP contribution is -2.20. The lowest BCUT2D eigenvalue weighted by atomic mass is 10.1. The number of nitrogens with two attached hydrogens (primary N) is 1. The predicted molar refractivity (Wildman–Crippen MR) is 159 cm³/mol. The summed E-state index contributed by atoms with van der Waals surface area (Å²) in [7, 11) is 0. The Bertz CT molecular complexity index is 2190. The number of anilines is 3. The van der Waals surface area contributed by atoms with Gasteiger partial charge in [0.1, 0.15) is 28.0 Å². The molecule has 0 saturated heterocycles. The van der Waals surface area contributed by atoms with Gasteiger partial charge in [-0.25, -0.2) is 0 Å². The predicted octanol–water partition coefficient (Wildman–Crippen LogP) is 9.23. The summed E-state index contributed by atoms with van der Waals surface area (Å²) in [4.78, 5) is 6.13. The molecule has 0 amide bonds. The van der Waals surface area contributed by atoms with Gasteiger partial charge in [0.05, 0.1) is 11.4 Å². The van der Waals surface area contributed by atoms with Gasteiger partial charge in [-0.3, -0.25) is 10.4 Å². The van der Waals surface area contributed by atoms with Crippen molar-refractivity contribution in [3.05, 3.63) is 115 Å². The number of hydrogen-bond acceptors (Lipinski definition) is 6. The molecule has 0 aliphatic rings. The van der Waals surface area contributed by atoms with Crippen LogP contribution in [0.4, 0.5) is 30.2 Å². The summed E-state index contributed by atoms with van der Waals surface area (Å²) in [5.74, 6) is 0. The SMILES string of the molecule is N=C(/C=C(\N)c1cc(N(c2ccc3c(c2)oc2ccccc23)c2ccc3oc4ccccc4c3c2)ccn1)C(F)(F)F. The van der Waals surface area contributed by atoms with Crippen molar-refractivity contribution >= 4 is 72.3 Å². The average molecular weight is 563 g/mol. The number of alkyl halides is 3. The number of pyridine rings is 1. The van der Waals surface area contributed by atoms with Crippen LogP contribution < -0.4 is 10.6 Å². The smallest absolute Gasteiger partial charge is 0.432 e. The fourth-order valence-electron chi connectivity index (χ4n) is 5.18. The zero-order valence-electron chi connectivity index (χ0n) is 21.8. The van der Waals surface area contributed by atoms with Crippen LogP contribution in [0.15, 0.2) is 118 Å². The maximum Gasteiger partial charge on any atom is 0.432 e. The molecule has 7 rings (SSSR count). The number of aromatic nitrogens is 1. The molecule has 3 aromatic heterocycles. The molecule has 4 aromatic carbocycles.